The van der Waals surface area contributed by atoms with Crippen molar-refractivity contribution >= 4 is 33.1 Å². The Morgan fingerprint density at radius 3 is 2.69 bits per heavy atom. The summed E-state index contributed by atoms with van der Waals surface area (Å²) in [7, 11) is -2.99. The van der Waals surface area contributed by atoms with Crippen LogP contribution in [0.25, 0.3) is 0 Å². The lowest BCUT2D eigenvalue weighted by Crippen LogP contribution is -2.65. The highest BCUT2D eigenvalue weighted by Crippen LogP contribution is 2.40. The van der Waals surface area contributed by atoms with Crippen molar-refractivity contribution in [3.8, 4) is 5.75 Å². The van der Waals surface area contributed by atoms with E-state index in [9.17, 15) is 13.2 Å². The zero-order valence-electron chi connectivity index (χ0n) is 20.2. The molecular weight excluding hydrogens is 482 g/mol. The molecule has 12 heteroatoms. The molecule has 2 aromatic rings. The summed E-state index contributed by atoms with van der Waals surface area (Å²) in [6.07, 6.45) is 2.88. The number of aryl methyl sites for hydroxylation is 1. The van der Waals surface area contributed by atoms with Crippen molar-refractivity contribution in [2.45, 2.75) is 25.5 Å². The van der Waals surface area contributed by atoms with E-state index < -0.39 is 9.84 Å². The third-order valence-corrected chi connectivity index (χ3v) is 9.14. The smallest absolute Gasteiger partial charge is 0.246 e. The van der Waals surface area contributed by atoms with Crippen molar-refractivity contribution in [2.75, 3.05) is 61.0 Å². The number of carbonyl (C=O) groups excluding carboxylic acids is 1. The fourth-order valence-electron chi connectivity index (χ4n) is 5.27. The zero-order chi connectivity index (χ0) is 25.0. The molecule has 0 aliphatic carbocycles. The summed E-state index contributed by atoms with van der Waals surface area (Å²) in [5.74, 6) is 2.62. The number of nitrogens with one attached hydrogen (secondary N) is 1. The van der Waals surface area contributed by atoms with Crippen LogP contribution in [0.3, 0.4) is 0 Å². The van der Waals surface area contributed by atoms with E-state index in [2.05, 4.69) is 26.8 Å². The maximum absolute atomic E-state index is 11.9. The first-order valence-corrected chi connectivity index (χ1v) is 14.0. The number of pyridine rings is 1. The summed E-state index contributed by atoms with van der Waals surface area (Å²) in [5.41, 5.74) is 3.46. The molecule has 1 amide bonds. The molecule has 3 saturated heterocycles. The fourth-order valence-corrected chi connectivity index (χ4v) is 6.48. The summed E-state index contributed by atoms with van der Waals surface area (Å²) in [6.45, 7) is 9.92. The molecule has 6 heterocycles. The van der Waals surface area contributed by atoms with Crippen LogP contribution in [-0.2, 0) is 21.2 Å². The standard InChI is InChI=1S/C24H29N7O4S.H2/c1-3-21(32)31-11-17(12-31)30-9-16(10-30)19-8-20-22(15(2)27-19)35-13-18-23(28-20)25-14-26-24(18)29-4-6-36(33,34)7-5-29;/h3,8,14,16-17H,1,4-7,9-13H2,2H3,(H,25,26,28);1H. The van der Waals surface area contributed by atoms with Crippen molar-refractivity contribution in [1.29, 1.82) is 0 Å². The van der Waals surface area contributed by atoms with E-state index in [1.807, 2.05) is 22.8 Å². The van der Waals surface area contributed by atoms with Gasteiger partial charge in [0.2, 0.25) is 5.91 Å². The fraction of sp³-hybridized carbons (Fsp3) is 0.500. The van der Waals surface area contributed by atoms with E-state index in [1.54, 1.807) is 0 Å². The van der Waals surface area contributed by atoms with E-state index in [0.717, 1.165) is 48.8 Å². The van der Waals surface area contributed by atoms with Crippen molar-refractivity contribution in [2.24, 2.45) is 0 Å². The maximum atomic E-state index is 11.9. The van der Waals surface area contributed by atoms with Gasteiger partial charge in [-0.1, -0.05) is 6.58 Å². The number of rotatable bonds is 4. The van der Waals surface area contributed by atoms with Gasteiger partial charge in [0.25, 0.3) is 0 Å². The number of hydrogen-bond acceptors (Lipinski definition) is 10. The van der Waals surface area contributed by atoms with E-state index in [1.165, 1.54) is 12.4 Å². The highest BCUT2D eigenvalue weighted by molar-refractivity contribution is 7.91. The average molecular weight is 514 g/mol. The quantitative estimate of drug-likeness (QED) is 0.595. The Morgan fingerprint density at radius 2 is 1.97 bits per heavy atom. The maximum Gasteiger partial charge on any atom is 0.246 e. The minimum atomic E-state index is -2.99. The van der Waals surface area contributed by atoms with Gasteiger partial charge in [0, 0.05) is 58.3 Å². The number of hydrogen-bond donors (Lipinski definition) is 1. The molecule has 0 saturated carbocycles. The Bertz CT molecular complexity index is 1330. The summed E-state index contributed by atoms with van der Waals surface area (Å²) < 4.78 is 29.9. The van der Waals surface area contributed by atoms with Crippen molar-refractivity contribution in [1.82, 2.24) is 24.8 Å². The SMILES string of the molecule is C=CC(=O)N1CC(N2CC(c3cc4c(c(C)n3)OCc3c(ncnc3N3CCS(=O)(=O)CC3)N4)C2)C1.[HH]. The van der Waals surface area contributed by atoms with E-state index >= 15 is 0 Å². The molecule has 6 rings (SSSR count). The number of nitrogens with zero attached hydrogens (tertiary/aromatic N) is 6. The molecule has 4 aliphatic rings. The Balaban J connectivity index is 0.00000280. The van der Waals surface area contributed by atoms with Gasteiger partial charge in [-0.15, -0.1) is 0 Å². The van der Waals surface area contributed by atoms with Crippen LogP contribution in [0, 0.1) is 6.92 Å². The van der Waals surface area contributed by atoms with Gasteiger partial charge in [-0.05, 0) is 19.1 Å². The van der Waals surface area contributed by atoms with E-state index in [-0.39, 0.29) is 25.4 Å². The lowest BCUT2D eigenvalue weighted by molar-refractivity contribution is -0.134. The molecule has 0 radical (unpaired) electrons. The minimum Gasteiger partial charge on any atom is -0.485 e. The third-order valence-electron chi connectivity index (χ3n) is 7.54. The largest absolute Gasteiger partial charge is 0.485 e. The minimum absolute atomic E-state index is 0. The lowest BCUT2D eigenvalue weighted by Gasteiger charge is -2.51. The molecular formula is C24H31N7O4S. The predicted molar refractivity (Wildman–Crippen MR) is 136 cm³/mol. The number of fused-ring (bicyclic) bond motifs is 2. The van der Waals surface area contributed by atoms with Crippen LogP contribution >= 0.6 is 0 Å². The molecule has 0 unspecified atom stereocenters. The average Bonchev–Trinajstić information content (AvgIpc) is 2.98. The molecule has 0 aromatic carbocycles. The molecule has 3 fully saturated rings. The van der Waals surface area contributed by atoms with Gasteiger partial charge in [-0.3, -0.25) is 14.7 Å². The predicted octanol–water partition coefficient (Wildman–Crippen LogP) is 1.09. The van der Waals surface area contributed by atoms with Crippen LogP contribution in [0.15, 0.2) is 25.0 Å². The first kappa shape index (κ1) is 23.2. The summed E-state index contributed by atoms with van der Waals surface area (Å²) >= 11 is 0. The van der Waals surface area contributed by atoms with Crippen molar-refractivity contribution < 1.29 is 19.4 Å². The summed E-state index contributed by atoms with van der Waals surface area (Å²) in [5, 5.41) is 3.44. The van der Waals surface area contributed by atoms with Crippen molar-refractivity contribution in [3.63, 3.8) is 0 Å². The van der Waals surface area contributed by atoms with Gasteiger partial charge in [-0.2, -0.15) is 0 Å². The van der Waals surface area contributed by atoms with Crippen LogP contribution in [0.2, 0.25) is 0 Å². The molecule has 0 spiro atoms. The van der Waals surface area contributed by atoms with Crippen LogP contribution in [0.5, 0.6) is 5.75 Å². The number of amides is 1. The molecule has 1 N–H and O–H groups in total. The number of likely N-dealkylation sites (tertiary alicyclic amines) is 2. The van der Waals surface area contributed by atoms with Crippen LogP contribution in [0.4, 0.5) is 17.3 Å². The number of sulfone groups is 1. The number of ether oxygens (including phenoxy) is 1. The number of aromatic nitrogens is 3. The molecule has 4 aliphatic heterocycles. The van der Waals surface area contributed by atoms with Crippen LogP contribution in [-0.4, -0.2) is 95.9 Å². The molecule has 0 bridgehead atoms. The summed E-state index contributed by atoms with van der Waals surface area (Å²) in [4.78, 5) is 31.7. The van der Waals surface area contributed by atoms with Gasteiger partial charge in [0.1, 0.15) is 24.6 Å². The summed E-state index contributed by atoms with van der Waals surface area (Å²) in [6, 6.07) is 2.45. The van der Waals surface area contributed by atoms with Gasteiger partial charge in [0.15, 0.2) is 15.6 Å². The first-order valence-electron chi connectivity index (χ1n) is 12.2. The molecule has 2 aromatic heterocycles. The second-order valence-corrected chi connectivity index (χ2v) is 12.1. The molecule has 11 nitrogen and oxygen atoms in total. The van der Waals surface area contributed by atoms with E-state index in [4.69, 9.17) is 9.72 Å². The Morgan fingerprint density at radius 1 is 1.22 bits per heavy atom. The number of carbonyl (C=O) groups is 1. The Kier molecular flexibility index (Phi) is 5.60. The zero-order valence-corrected chi connectivity index (χ0v) is 21.0. The highest BCUT2D eigenvalue weighted by Gasteiger charge is 2.41. The second-order valence-electron chi connectivity index (χ2n) is 9.84. The molecule has 192 valence electrons. The molecule has 36 heavy (non-hydrogen) atoms. The first-order chi connectivity index (χ1) is 17.3. The Hall–Kier alpha value is -3.25. The highest BCUT2D eigenvalue weighted by atomic mass is 32.2. The molecule has 0 atom stereocenters. The van der Waals surface area contributed by atoms with Crippen LogP contribution < -0.4 is 15.0 Å². The van der Waals surface area contributed by atoms with E-state index in [0.29, 0.717) is 42.4 Å². The van der Waals surface area contributed by atoms with Gasteiger partial charge < -0.3 is 19.9 Å². The monoisotopic (exact) mass is 513 g/mol. The van der Waals surface area contributed by atoms with Gasteiger partial charge in [-0.25, -0.2) is 18.4 Å². The van der Waals surface area contributed by atoms with Gasteiger partial charge in [0.05, 0.1) is 28.5 Å². The van der Waals surface area contributed by atoms with Crippen molar-refractivity contribution in [3.05, 3.63) is 42.0 Å². The van der Waals surface area contributed by atoms with Gasteiger partial charge >= 0.3 is 0 Å². The Labute approximate surface area is 211 Å². The topological polar surface area (TPSA) is 121 Å². The third kappa shape index (κ3) is 4.07. The van der Waals surface area contributed by atoms with Crippen LogP contribution in [0.1, 0.15) is 24.3 Å². The lowest BCUT2D eigenvalue weighted by atomic mass is 9.91. The normalized spacial score (nSPS) is 21.7. The number of anilines is 3. The second kappa shape index (κ2) is 8.70.